The van der Waals surface area contributed by atoms with Crippen LogP contribution in [-0.2, 0) is 4.74 Å². The molecule has 0 bridgehead atoms. The van der Waals surface area contributed by atoms with Crippen molar-refractivity contribution in [1.29, 1.82) is 0 Å². The highest BCUT2D eigenvalue weighted by Gasteiger charge is 2.24. The monoisotopic (exact) mass is 231 g/mol. The molecule has 88 valence electrons. The van der Waals surface area contributed by atoms with Gasteiger partial charge in [-0.05, 0) is 25.0 Å². The van der Waals surface area contributed by atoms with E-state index in [1.54, 1.807) is 0 Å². The molecule has 0 radical (unpaired) electrons. The molecule has 5 heteroatoms. The highest BCUT2D eigenvalue weighted by molar-refractivity contribution is 5.69. The van der Waals surface area contributed by atoms with Gasteiger partial charge in [0.1, 0.15) is 6.10 Å². The van der Waals surface area contributed by atoms with Gasteiger partial charge in [0.25, 0.3) is 0 Å². The zero-order valence-corrected chi connectivity index (χ0v) is 9.30. The van der Waals surface area contributed by atoms with Crippen LogP contribution in [0.15, 0.2) is 28.7 Å². The van der Waals surface area contributed by atoms with Gasteiger partial charge in [0.15, 0.2) is 0 Å². The molecule has 5 nitrogen and oxygen atoms in total. The van der Waals surface area contributed by atoms with Gasteiger partial charge in [-0.15, -0.1) is 10.2 Å². The Balaban J connectivity index is 1.92. The minimum atomic E-state index is -0.0545. The lowest BCUT2D eigenvalue weighted by Crippen LogP contribution is -1.95. The standard InChI is InChI=1S/C12H13N3O2/c13-9-5-2-1-4-8(9)11-14-15-12(17-11)10-6-3-7-16-10/h1-2,4-5,10H,3,6-7,13H2/t10-/m0/s1. The molecule has 0 amide bonds. The molecule has 2 heterocycles. The molecule has 0 unspecified atom stereocenters. The summed E-state index contributed by atoms with van der Waals surface area (Å²) in [5.74, 6) is 0.995. The summed E-state index contributed by atoms with van der Waals surface area (Å²) < 4.78 is 11.1. The van der Waals surface area contributed by atoms with E-state index in [2.05, 4.69) is 10.2 Å². The van der Waals surface area contributed by atoms with E-state index >= 15 is 0 Å². The Labute approximate surface area is 98.6 Å². The summed E-state index contributed by atoms with van der Waals surface area (Å²) in [4.78, 5) is 0. The van der Waals surface area contributed by atoms with Gasteiger partial charge >= 0.3 is 0 Å². The van der Waals surface area contributed by atoms with E-state index in [0.29, 0.717) is 17.5 Å². The second-order valence-corrected chi connectivity index (χ2v) is 4.03. The SMILES string of the molecule is Nc1ccccc1-c1nnc([C@@H]2CCCO2)o1. The van der Waals surface area contributed by atoms with E-state index in [1.807, 2.05) is 24.3 Å². The fourth-order valence-electron chi connectivity index (χ4n) is 1.94. The molecule has 17 heavy (non-hydrogen) atoms. The van der Waals surface area contributed by atoms with Gasteiger partial charge in [-0.1, -0.05) is 12.1 Å². The van der Waals surface area contributed by atoms with Crippen molar-refractivity contribution in [3.63, 3.8) is 0 Å². The number of para-hydroxylation sites is 1. The third-order valence-corrected chi connectivity index (χ3v) is 2.84. The first-order valence-electron chi connectivity index (χ1n) is 5.64. The summed E-state index contributed by atoms with van der Waals surface area (Å²) in [5, 5.41) is 8.03. The predicted molar refractivity (Wildman–Crippen MR) is 62.1 cm³/mol. The van der Waals surface area contributed by atoms with E-state index in [9.17, 15) is 0 Å². The smallest absolute Gasteiger partial charge is 0.249 e. The summed E-state index contributed by atoms with van der Waals surface area (Å²) in [6.07, 6.45) is 1.92. The Morgan fingerprint density at radius 3 is 2.88 bits per heavy atom. The maximum absolute atomic E-state index is 5.86. The zero-order chi connectivity index (χ0) is 11.7. The van der Waals surface area contributed by atoms with Crippen molar-refractivity contribution < 1.29 is 9.15 Å². The van der Waals surface area contributed by atoms with Gasteiger partial charge < -0.3 is 14.9 Å². The Morgan fingerprint density at radius 1 is 1.24 bits per heavy atom. The molecule has 1 aromatic heterocycles. The molecule has 1 saturated heterocycles. The van der Waals surface area contributed by atoms with Crippen molar-refractivity contribution in [2.45, 2.75) is 18.9 Å². The van der Waals surface area contributed by atoms with Gasteiger partial charge in [0, 0.05) is 12.3 Å². The van der Waals surface area contributed by atoms with Gasteiger partial charge in [0.05, 0.1) is 5.56 Å². The van der Waals surface area contributed by atoms with Crippen molar-refractivity contribution >= 4 is 5.69 Å². The Bertz CT molecular complexity index is 518. The summed E-state index contributed by atoms with van der Waals surface area (Å²) in [7, 11) is 0. The number of hydrogen-bond acceptors (Lipinski definition) is 5. The van der Waals surface area contributed by atoms with Crippen LogP contribution in [-0.4, -0.2) is 16.8 Å². The van der Waals surface area contributed by atoms with Gasteiger partial charge in [-0.3, -0.25) is 0 Å². The van der Waals surface area contributed by atoms with E-state index in [4.69, 9.17) is 14.9 Å². The molecule has 2 aromatic rings. The lowest BCUT2D eigenvalue weighted by atomic mass is 10.2. The van der Waals surface area contributed by atoms with Gasteiger partial charge in [0.2, 0.25) is 11.8 Å². The number of aromatic nitrogens is 2. The molecule has 2 N–H and O–H groups in total. The summed E-state index contributed by atoms with van der Waals surface area (Å²) in [5.41, 5.74) is 7.26. The van der Waals surface area contributed by atoms with Crippen molar-refractivity contribution in [2.24, 2.45) is 0 Å². The van der Waals surface area contributed by atoms with Crippen molar-refractivity contribution in [1.82, 2.24) is 10.2 Å². The van der Waals surface area contributed by atoms with Crippen molar-refractivity contribution in [3.05, 3.63) is 30.2 Å². The molecular weight excluding hydrogens is 218 g/mol. The molecule has 1 aromatic carbocycles. The average Bonchev–Trinajstić information content (AvgIpc) is 3.00. The van der Waals surface area contributed by atoms with E-state index < -0.39 is 0 Å². The third kappa shape index (κ3) is 1.89. The first-order chi connectivity index (χ1) is 8.34. The lowest BCUT2D eigenvalue weighted by molar-refractivity contribution is 0.0896. The largest absolute Gasteiger partial charge is 0.418 e. The Morgan fingerprint density at radius 2 is 2.12 bits per heavy atom. The van der Waals surface area contributed by atoms with E-state index in [-0.39, 0.29) is 6.10 Å². The quantitative estimate of drug-likeness (QED) is 0.802. The lowest BCUT2D eigenvalue weighted by Gasteiger charge is -2.02. The molecule has 0 saturated carbocycles. The number of benzene rings is 1. The molecule has 1 aliphatic rings. The highest BCUT2D eigenvalue weighted by Crippen LogP contribution is 2.30. The number of rotatable bonds is 2. The van der Waals surface area contributed by atoms with Gasteiger partial charge in [-0.2, -0.15) is 0 Å². The minimum Gasteiger partial charge on any atom is -0.418 e. The molecule has 0 aliphatic carbocycles. The van der Waals surface area contributed by atoms with Crippen LogP contribution in [0.3, 0.4) is 0 Å². The van der Waals surface area contributed by atoms with Crippen LogP contribution in [0.2, 0.25) is 0 Å². The average molecular weight is 231 g/mol. The number of nitrogens with zero attached hydrogens (tertiary/aromatic N) is 2. The maximum Gasteiger partial charge on any atom is 0.249 e. The summed E-state index contributed by atoms with van der Waals surface area (Å²) >= 11 is 0. The molecule has 3 rings (SSSR count). The van der Waals surface area contributed by atoms with Crippen LogP contribution >= 0.6 is 0 Å². The fourth-order valence-corrected chi connectivity index (χ4v) is 1.94. The molecule has 1 fully saturated rings. The summed E-state index contributed by atoms with van der Waals surface area (Å²) in [6, 6.07) is 7.44. The molecule has 0 spiro atoms. The van der Waals surface area contributed by atoms with E-state index in [0.717, 1.165) is 25.0 Å². The number of nitrogen functional groups attached to an aromatic ring is 1. The molecule has 1 atom stereocenters. The van der Waals surface area contributed by atoms with Crippen molar-refractivity contribution in [3.8, 4) is 11.5 Å². The second kappa shape index (κ2) is 4.18. The van der Waals surface area contributed by atoms with Crippen molar-refractivity contribution in [2.75, 3.05) is 12.3 Å². The van der Waals surface area contributed by atoms with E-state index in [1.165, 1.54) is 0 Å². The van der Waals surface area contributed by atoms with Gasteiger partial charge in [-0.25, -0.2) is 0 Å². The van der Waals surface area contributed by atoms with Crippen LogP contribution < -0.4 is 5.73 Å². The number of anilines is 1. The normalized spacial score (nSPS) is 19.6. The Hall–Kier alpha value is -1.88. The number of nitrogens with two attached hydrogens (primary N) is 1. The molecule has 1 aliphatic heterocycles. The summed E-state index contributed by atoms with van der Waals surface area (Å²) in [6.45, 7) is 0.760. The zero-order valence-electron chi connectivity index (χ0n) is 9.30. The van der Waals surface area contributed by atoms with Crippen LogP contribution in [0.4, 0.5) is 5.69 Å². The molecular formula is C12H13N3O2. The third-order valence-electron chi connectivity index (χ3n) is 2.84. The minimum absolute atomic E-state index is 0.0545. The fraction of sp³-hybridized carbons (Fsp3) is 0.333. The van der Waals surface area contributed by atoms with Crippen LogP contribution in [0.25, 0.3) is 11.5 Å². The van der Waals surface area contributed by atoms with Crippen LogP contribution in [0.5, 0.6) is 0 Å². The second-order valence-electron chi connectivity index (χ2n) is 4.03. The number of hydrogen-bond donors (Lipinski definition) is 1. The Kier molecular flexibility index (Phi) is 2.53. The number of ether oxygens (including phenoxy) is 1. The first kappa shape index (κ1) is 10.3. The highest BCUT2D eigenvalue weighted by atomic mass is 16.5. The predicted octanol–water partition coefficient (Wildman–Crippen LogP) is 2.17. The maximum atomic E-state index is 5.86. The topological polar surface area (TPSA) is 74.2 Å². The first-order valence-corrected chi connectivity index (χ1v) is 5.64. The van der Waals surface area contributed by atoms with Crippen LogP contribution in [0.1, 0.15) is 24.8 Å². The van der Waals surface area contributed by atoms with Crippen LogP contribution in [0, 0.1) is 0 Å².